The van der Waals surface area contributed by atoms with Crippen molar-refractivity contribution in [1.29, 1.82) is 0 Å². The summed E-state index contributed by atoms with van der Waals surface area (Å²) in [6, 6.07) is 0.171. The monoisotopic (exact) mass is 295 g/mol. The molecule has 0 spiro atoms. The highest BCUT2D eigenvalue weighted by Gasteiger charge is 2.26. The van der Waals surface area contributed by atoms with Gasteiger partial charge in [0.2, 0.25) is 0 Å². The molecule has 0 radical (unpaired) electrons. The Morgan fingerprint density at radius 3 is 1.76 bits per heavy atom. The van der Waals surface area contributed by atoms with Gasteiger partial charge < -0.3 is 10.5 Å². The van der Waals surface area contributed by atoms with Crippen LogP contribution in [0.3, 0.4) is 0 Å². The van der Waals surface area contributed by atoms with Gasteiger partial charge in [0, 0.05) is 12.0 Å². The van der Waals surface area contributed by atoms with E-state index in [0.29, 0.717) is 29.6 Å². The molecule has 4 atom stereocenters. The molecule has 124 valence electrons. The van der Waals surface area contributed by atoms with Gasteiger partial charge in [0.1, 0.15) is 0 Å². The zero-order chi connectivity index (χ0) is 16.7. The first kappa shape index (κ1) is 20.2. The number of methoxy groups -OCH3 is 1. The Bertz CT molecular complexity index is 332. The summed E-state index contributed by atoms with van der Waals surface area (Å²) in [6.45, 7) is 21.5. The molecule has 0 aromatic carbocycles. The Hall–Kier alpha value is -0.760. The van der Waals surface area contributed by atoms with Crippen LogP contribution in [0.2, 0.25) is 0 Å². The fourth-order valence-corrected chi connectivity index (χ4v) is 3.07. The van der Waals surface area contributed by atoms with E-state index in [-0.39, 0.29) is 6.04 Å². The van der Waals surface area contributed by atoms with Gasteiger partial charge in [0.25, 0.3) is 0 Å². The van der Waals surface area contributed by atoms with Crippen LogP contribution in [0.15, 0.2) is 24.5 Å². The predicted octanol–water partition coefficient (Wildman–Crippen LogP) is 5.01. The molecule has 0 saturated carbocycles. The first-order chi connectivity index (χ1) is 9.61. The summed E-state index contributed by atoms with van der Waals surface area (Å²) in [6.07, 6.45) is 2.05. The van der Waals surface area contributed by atoms with Gasteiger partial charge >= 0.3 is 0 Å². The van der Waals surface area contributed by atoms with Crippen molar-refractivity contribution in [2.45, 2.75) is 60.4 Å². The third-order valence-electron chi connectivity index (χ3n) is 4.80. The molecule has 2 nitrogen and oxygen atoms in total. The molecule has 3 unspecified atom stereocenters. The molecule has 0 fully saturated rings. The zero-order valence-electron chi connectivity index (χ0n) is 15.3. The molecule has 0 aliphatic rings. The van der Waals surface area contributed by atoms with Crippen molar-refractivity contribution in [3.63, 3.8) is 0 Å². The van der Waals surface area contributed by atoms with E-state index in [1.807, 2.05) is 0 Å². The minimum atomic E-state index is 0.171. The molecule has 21 heavy (non-hydrogen) atoms. The Kier molecular flexibility index (Phi) is 8.96. The predicted molar refractivity (Wildman–Crippen MR) is 94.0 cm³/mol. The lowest BCUT2D eigenvalue weighted by atomic mass is 9.77. The minimum Gasteiger partial charge on any atom is -0.501 e. The molecule has 2 N–H and O–H groups in total. The molecule has 0 rings (SSSR count). The van der Waals surface area contributed by atoms with Gasteiger partial charge in [0.05, 0.1) is 12.9 Å². The fourth-order valence-electron chi connectivity index (χ4n) is 3.07. The molecule has 0 amide bonds. The first-order valence-electron chi connectivity index (χ1n) is 8.25. The highest BCUT2D eigenvalue weighted by Crippen LogP contribution is 2.31. The van der Waals surface area contributed by atoms with Crippen LogP contribution in [0, 0.1) is 29.6 Å². The van der Waals surface area contributed by atoms with E-state index in [1.54, 1.807) is 7.11 Å². The molecule has 0 saturated heterocycles. The van der Waals surface area contributed by atoms with Crippen LogP contribution in [0.1, 0.15) is 54.4 Å². The summed E-state index contributed by atoms with van der Waals surface area (Å²) in [4.78, 5) is 0. The largest absolute Gasteiger partial charge is 0.501 e. The van der Waals surface area contributed by atoms with Crippen molar-refractivity contribution >= 4 is 0 Å². The van der Waals surface area contributed by atoms with E-state index in [2.05, 4.69) is 54.7 Å². The second kappa shape index (κ2) is 9.30. The van der Waals surface area contributed by atoms with Crippen molar-refractivity contribution in [1.82, 2.24) is 0 Å². The quantitative estimate of drug-likeness (QED) is 0.454. The third-order valence-corrected chi connectivity index (χ3v) is 4.80. The second-order valence-electron chi connectivity index (χ2n) is 7.33. The van der Waals surface area contributed by atoms with E-state index < -0.39 is 0 Å². The Labute approximate surface area is 132 Å². The molecular formula is C19H37NO. The fraction of sp³-hybridized carbons (Fsp3) is 0.789. The summed E-state index contributed by atoms with van der Waals surface area (Å²) < 4.78 is 5.35. The maximum absolute atomic E-state index is 6.47. The summed E-state index contributed by atoms with van der Waals surface area (Å²) in [5.74, 6) is 3.32. The number of ether oxygens (including phenoxy) is 1. The van der Waals surface area contributed by atoms with Gasteiger partial charge in [0.15, 0.2) is 0 Å². The van der Waals surface area contributed by atoms with Gasteiger partial charge in [-0.1, -0.05) is 53.3 Å². The van der Waals surface area contributed by atoms with Gasteiger partial charge in [-0.25, -0.2) is 0 Å². The van der Waals surface area contributed by atoms with Gasteiger partial charge in [-0.3, -0.25) is 0 Å². The van der Waals surface area contributed by atoms with Gasteiger partial charge in [-0.2, -0.15) is 0 Å². The Morgan fingerprint density at radius 2 is 1.43 bits per heavy atom. The molecule has 0 heterocycles. The van der Waals surface area contributed by atoms with Crippen molar-refractivity contribution in [2.75, 3.05) is 7.11 Å². The van der Waals surface area contributed by atoms with E-state index in [4.69, 9.17) is 10.5 Å². The maximum atomic E-state index is 6.47. The lowest BCUT2D eigenvalue weighted by Crippen LogP contribution is -2.34. The van der Waals surface area contributed by atoms with Crippen molar-refractivity contribution in [3.8, 4) is 0 Å². The van der Waals surface area contributed by atoms with Crippen LogP contribution in [-0.4, -0.2) is 13.2 Å². The summed E-state index contributed by atoms with van der Waals surface area (Å²) >= 11 is 0. The lowest BCUT2D eigenvalue weighted by molar-refractivity contribution is 0.190. The minimum absolute atomic E-state index is 0.171. The number of hydrogen-bond acceptors (Lipinski definition) is 2. The summed E-state index contributed by atoms with van der Waals surface area (Å²) in [5, 5.41) is 0. The molecule has 0 aliphatic carbocycles. The van der Waals surface area contributed by atoms with Crippen molar-refractivity contribution < 1.29 is 4.74 Å². The molecule has 0 bridgehead atoms. The number of allylic oxidation sites excluding steroid dienone is 2. The average Bonchev–Trinajstić information content (AvgIpc) is 2.39. The topological polar surface area (TPSA) is 35.2 Å². The Balaban J connectivity index is 4.72. The smallest absolute Gasteiger partial charge is 0.0917 e. The molecule has 2 heteroatoms. The molecule has 0 aromatic heterocycles. The molecule has 0 aliphatic heterocycles. The number of rotatable bonds is 10. The van der Waals surface area contributed by atoms with E-state index in [1.165, 1.54) is 5.57 Å². The Morgan fingerprint density at radius 1 is 0.952 bits per heavy atom. The van der Waals surface area contributed by atoms with Crippen LogP contribution < -0.4 is 5.73 Å². The van der Waals surface area contributed by atoms with E-state index in [0.717, 1.165) is 18.6 Å². The first-order valence-corrected chi connectivity index (χ1v) is 8.25. The van der Waals surface area contributed by atoms with E-state index in [9.17, 15) is 0 Å². The van der Waals surface area contributed by atoms with Gasteiger partial charge in [-0.05, 0) is 43.4 Å². The average molecular weight is 296 g/mol. The summed E-state index contributed by atoms with van der Waals surface area (Å²) in [7, 11) is 1.70. The van der Waals surface area contributed by atoms with Crippen LogP contribution in [-0.2, 0) is 4.74 Å². The second-order valence-corrected chi connectivity index (χ2v) is 7.33. The maximum Gasteiger partial charge on any atom is 0.0917 e. The normalized spacial score (nSPS) is 17.4. The standard InChI is InChI=1S/C19H37NO/c1-12(2)17(13(3)4)10-15(7)19(20)11-18(14(5)6)16(8)21-9/h13-15,17-19H,1,8,10-11,20H2,2-7,9H3/t15?,17-,18?,19?/m1/s1. The van der Waals surface area contributed by atoms with Crippen molar-refractivity contribution in [2.24, 2.45) is 35.3 Å². The SMILES string of the molecule is C=C(OC)C(CC(N)C(C)C[C@H](C(=C)C)C(C)C)C(C)C. The highest BCUT2D eigenvalue weighted by molar-refractivity contribution is 5.00. The van der Waals surface area contributed by atoms with Crippen molar-refractivity contribution in [3.05, 3.63) is 24.5 Å². The van der Waals surface area contributed by atoms with Crippen LogP contribution in [0.25, 0.3) is 0 Å². The molecular weight excluding hydrogens is 258 g/mol. The number of nitrogens with two attached hydrogens (primary N) is 1. The van der Waals surface area contributed by atoms with E-state index >= 15 is 0 Å². The van der Waals surface area contributed by atoms with Gasteiger partial charge in [-0.15, -0.1) is 0 Å². The zero-order valence-corrected chi connectivity index (χ0v) is 15.3. The number of hydrogen-bond donors (Lipinski definition) is 1. The van der Waals surface area contributed by atoms with Crippen LogP contribution in [0.5, 0.6) is 0 Å². The van der Waals surface area contributed by atoms with Crippen LogP contribution >= 0.6 is 0 Å². The molecule has 0 aromatic rings. The highest BCUT2D eigenvalue weighted by atomic mass is 16.5. The lowest BCUT2D eigenvalue weighted by Gasteiger charge is -2.31. The third kappa shape index (κ3) is 6.69. The summed E-state index contributed by atoms with van der Waals surface area (Å²) in [5.41, 5.74) is 7.74. The van der Waals surface area contributed by atoms with Crippen LogP contribution in [0.4, 0.5) is 0 Å².